The second-order valence-corrected chi connectivity index (χ2v) is 10.5. The van der Waals surface area contributed by atoms with Crippen LogP contribution < -0.4 is 4.74 Å². The number of halogens is 1. The molecule has 0 bridgehead atoms. The molecule has 3 aliphatic rings. The van der Waals surface area contributed by atoms with Crippen molar-refractivity contribution in [2.24, 2.45) is 5.92 Å². The Morgan fingerprint density at radius 3 is 2.48 bits per heavy atom. The topological polar surface area (TPSA) is 45.2 Å². The third-order valence-electron chi connectivity index (χ3n) is 7.58. The number of carbonyl (C=O) groups is 1. The van der Waals surface area contributed by atoms with Gasteiger partial charge in [0.15, 0.2) is 0 Å². The van der Waals surface area contributed by atoms with Crippen LogP contribution in [0, 0.1) is 5.92 Å². The lowest BCUT2D eigenvalue weighted by Gasteiger charge is -2.39. The van der Waals surface area contributed by atoms with E-state index in [1.165, 1.54) is 11.1 Å². The fourth-order valence-electron chi connectivity index (χ4n) is 5.39. The number of benzene rings is 1. The van der Waals surface area contributed by atoms with Crippen molar-refractivity contribution in [3.8, 4) is 5.75 Å². The largest absolute Gasteiger partial charge is 0.492 e. The number of urea groups is 1. The molecule has 33 heavy (non-hydrogen) atoms. The number of amides is 2. The second-order valence-electron chi connectivity index (χ2n) is 10.5. The van der Waals surface area contributed by atoms with E-state index in [9.17, 15) is 4.79 Å². The predicted molar refractivity (Wildman–Crippen MR) is 135 cm³/mol. The summed E-state index contributed by atoms with van der Waals surface area (Å²) in [6.45, 7) is 16.6. The lowest BCUT2D eigenvalue weighted by molar-refractivity contribution is 0.0387. The van der Waals surface area contributed by atoms with Crippen LogP contribution in [0.2, 0.25) is 0 Å². The SMILES string of the molecule is CCN(CC1CCN(C(=O)N2CCOCC2)CC1)C(C)Cc1ccc2c(c1)OCC2(C)C.Cl. The zero-order valence-electron chi connectivity index (χ0n) is 20.8. The molecule has 3 aliphatic heterocycles. The number of fused-ring (bicyclic) bond motifs is 1. The lowest BCUT2D eigenvalue weighted by atomic mass is 9.86. The van der Waals surface area contributed by atoms with Crippen molar-refractivity contribution in [2.75, 3.05) is 59.1 Å². The summed E-state index contributed by atoms with van der Waals surface area (Å²) in [5, 5.41) is 0. The fraction of sp³-hybridized carbons (Fsp3) is 0.731. The van der Waals surface area contributed by atoms with Gasteiger partial charge in [0.25, 0.3) is 0 Å². The lowest BCUT2D eigenvalue weighted by Crippen LogP contribution is -2.51. The Hall–Kier alpha value is -1.50. The molecule has 0 N–H and O–H groups in total. The summed E-state index contributed by atoms with van der Waals surface area (Å²) in [7, 11) is 0. The van der Waals surface area contributed by atoms with Crippen molar-refractivity contribution in [2.45, 2.75) is 58.4 Å². The van der Waals surface area contributed by atoms with E-state index < -0.39 is 0 Å². The minimum Gasteiger partial charge on any atom is -0.492 e. The molecule has 2 fully saturated rings. The molecular formula is C26H42ClN3O3. The highest BCUT2D eigenvalue weighted by Crippen LogP contribution is 2.39. The number of ether oxygens (including phenoxy) is 2. The highest BCUT2D eigenvalue weighted by atomic mass is 35.5. The zero-order chi connectivity index (χ0) is 22.7. The molecule has 0 aliphatic carbocycles. The quantitative estimate of drug-likeness (QED) is 0.613. The van der Waals surface area contributed by atoms with Gasteiger partial charge >= 0.3 is 6.03 Å². The molecule has 186 valence electrons. The Kier molecular flexibility index (Phi) is 8.93. The van der Waals surface area contributed by atoms with Crippen LogP contribution in [0.25, 0.3) is 0 Å². The Morgan fingerprint density at radius 2 is 1.82 bits per heavy atom. The molecule has 0 aromatic heterocycles. The highest BCUT2D eigenvalue weighted by Gasteiger charge is 2.32. The number of likely N-dealkylation sites (N-methyl/N-ethyl adjacent to an activating group) is 1. The van der Waals surface area contributed by atoms with Gasteiger partial charge in [0.2, 0.25) is 0 Å². The molecule has 6 nitrogen and oxygen atoms in total. The Labute approximate surface area is 206 Å². The van der Waals surface area contributed by atoms with E-state index in [1.54, 1.807) is 0 Å². The number of nitrogens with zero attached hydrogens (tertiary/aromatic N) is 3. The molecule has 2 saturated heterocycles. The van der Waals surface area contributed by atoms with E-state index >= 15 is 0 Å². The number of hydrogen-bond acceptors (Lipinski definition) is 4. The van der Waals surface area contributed by atoms with Crippen LogP contribution in [0.1, 0.15) is 51.7 Å². The molecule has 4 rings (SSSR count). The molecule has 1 aromatic carbocycles. The Morgan fingerprint density at radius 1 is 1.15 bits per heavy atom. The fourth-order valence-corrected chi connectivity index (χ4v) is 5.39. The molecular weight excluding hydrogens is 438 g/mol. The smallest absolute Gasteiger partial charge is 0.320 e. The molecule has 3 heterocycles. The summed E-state index contributed by atoms with van der Waals surface area (Å²) in [5.74, 6) is 1.73. The van der Waals surface area contributed by atoms with Gasteiger partial charge in [0.1, 0.15) is 5.75 Å². The summed E-state index contributed by atoms with van der Waals surface area (Å²) in [4.78, 5) is 19.4. The van der Waals surface area contributed by atoms with Gasteiger partial charge in [-0.05, 0) is 50.3 Å². The maximum absolute atomic E-state index is 12.7. The molecule has 1 aromatic rings. The van der Waals surface area contributed by atoms with Crippen molar-refractivity contribution in [1.82, 2.24) is 14.7 Å². The number of morpholine rings is 1. The average Bonchev–Trinajstić information content (AvgIpc) is 3.11. The molecule has 1 unspecified atom stereocenters. The van der Waals surface area contributed by atoms with E-state index in [4.69, 9.17) is 9.47 Å². The van der Waals surface area contributed by atoms with Crippen molar-refractivity contribution in [1.29, 1.82) is 0 Å². The molecule has 0 spiro atoms. The predicted octanol–water partition coefficient (Wildman–Crippen LogP) is 4.20. The summed E-state index contributed by atoms with van der Waals surface area (Å²) < 4.78 is 11.3. The van der Waals surface area contributed by atoms with Gasteiger partial charge in [-0.25, -0.2) is 4.79 Å². The number of likely N-dealkylation sites (tertiary alicyclic amines) is 1. The summed E-state index contributed by atoms with van der Waals surface area (Å²) in [5.41, 5.74) is 2.81. The van der Waals surface area contributed by atoms with Crippen LogP contribution in [0.4, 0.5) is 4.79 Å². The summed E-state index contributed by atoms with van der Waals surface area (Å²) in [6.07, 6.45) is 3.24. The first-order chi connectivity index (χ1) is 15.4. The van der Waals surface area contributed by atoms with Crippen molar-refractivity contribution >= 4 is 18.4 Å². The minimum atomic E-state index is 0. The van der Waals surface area contributed by atoms with Gasteiger partial charge in [-0.2, -0.15) is 0 Å². The minimum absolute atomic E-state index is 0. The van der Waals surface area contributed by atoms with Gasteiger partial charge < -0.3 is 24.2 Å². The van der Waals surface area contributed by atoms with E-state index in [0.717, 1.165) is 70.9 Å². The molecule has 0 saturated carbocycles. The number of piperidine rings is 1. The van der Waals surface area contributed by atoms with Crippen LogP contribution >= 0.6 is 12.4 Å². The van der Waals surface area contributed by atoms with Gasteiger partial charge in [0, 0.05) is 49.7 Å². The first-order valence-corrected chi connectivity index (χ1v) is 12.5. The van der Waals surface area contributed by atoms with Gasteiger partial charge in [-0.1, -0.05) is 32.9 Å². The maximum atomic E-state index is 12.7. The molecule has 2 amide bonds. The molecule has 1 atom stereocenters. The average molecular weight is 480 g/mol. The normalized spacial score (nSPS) is 21.4. The van der Waals surface area contributed by atoms with E-state index in [-0.39, 0.29) is 23.9 Å². The third-order valence-corrected chi connectivity index (χ3v) is 7.58. The number of carbonyl (C=O) groups excluding carboxylic acids is 1. The van der Waals surface area contributed by atoms with E-state index in [2.05, 4.69) is 50.8 Å². The monoisotopic (exact) mass is 479 g/mol. The van der Waals surface area contributed by atoms with Crippen LogP contribution in [-0.4, -0.2) is 85.9 Å². The van der Waals surface area contributed by atoms with Crippen molar-refractivity contribution < 1.29 is 14.3 Å². The van der Waals surface area contributed by atoms with E-state index in [1.807, 2.05) is 9.80 Å². The Balaban J connectivity index is 0.00000306. The summed E-state index contributed by atoms with van der Waals surface area (Å²) in [6, 6.07) is 7.50. The molecule has 0 radical (unpaired) electrons. The first-order valence-electron chi connectivity index (χ1n) is 12.5. The van der Waals surface area contributed by atoms with Crippen LogP contribution in [-0.2, 0) is 16.6 Å². The second kappa shape index (κ2) is 11.3. The molecule has 7 heteroatoms. The standard InChI is InChI=1S/C26H41N3O3.ClH/c1-5-27(20(2)16-22-6-7-23-24(17-22)32-19-26(23,3)4)18-21-8-10-28(11-9-21)25(30)29-12-14-31-15-13-29;/h6-7,17,20-21H,5,8-16,18-19H2,1-4H3;1H. The Bertz CT molecular complexity index is 789. The van der Waals surface area contributed by atoms with Crippen LogP contribution in [0.15, 0.2) is 18.2 Å². The van der Waals surface area contributed by atoms with Crippen molar-refractivity contribution in [3.63, 3.8) is 0 Å². The van der Waals surface area contributed by atoms with Gasteiger partial charge in [-0.15, -0.1) is 12.4 Å². The van der Waals surface area contributed by atoms with Gasteiger partial charge in [0.05, 0.1) is 19.8 Å². The number of rotatable bonds is 6. The van der Waals surface area contributed by atoms with Crippen LogP contribution in [0.3, 0.4) is 0 Å². The van der Waals surface area contributed by atoms with Crippen LogP contribution in [0.5, 0.6) is 5.75 Å². The first kappa shape index (κ1) is 26.1. The highest BCUT2D eigenvalue weighted by molar-refractivity contribution is 5.85. The van der Waals surface area contributed by atoms with Gasteiger partial charge in [-0.3, -0.25) is 0 Å². The zero-order valence-corrected chi connectivity index (χ0v) is 21.7. The number of hydrogen-bond donors (Lipinski definition) is 0. The summed E-state index contributed by atoms with van der Waals surface area (Å²) >= 11 is 0. The maximum Gasteiger partial charge on any atom is 0.320 e. The third kappa shape index (κ3) is 6.14. The van der Waals surface area contributed by atoms with E-state index in [0.29, 0.717) is 25.2 Å². The van der Waals surface area contributed by atoms with Crippen molar-refractivity contribution in [3.05, 3.63) is 29.3 Å².